The Morgan fingerprint density at radius 2 is 1.93 bits per heavy atom. The van der Waals surface area contributed by atoms with E-state index in [2.05, 4.69) is 44.0 Å². The molecule has 3 rings (SSSR count). The van der Waals surface area contributed by atoms with Crippen LogP contribution in [0.5, 0.6) is 5.75 Å². The molecule has 2 amide bonds. The van der Waals surface area contributed by atoms with Gasteiger partial charge in [-0.2, -0.15) is 0 Å². The molecule has 1 saturated heterocycles. The van der Waals surface area contributed by atoms with Crippen LogP contribution in [0.2, 0.25) is 0 Å². The normalized spacial score (nSPS) is 16.6. The number of carbonyl (C=O) groups excluding carboxylic acids is 1. The topological polar surface area (TPSA) is 56.8 Å². The number of hydrogen-bond donors (Lipinski definition) is 2. The van der Waals surface area contributed by atoms with Crippen molar-refractivity contribution in [3.63, 3.8) is 0 Å². The van der Waals surface area contributed by atoms with Crippen LogP contribution in [0.15, 0.2) is 41.8 Å². The quantitative estimate of drug-likeness (QED) is 0.657. The van der Waals surface area contributed by atoms with Gasteiger partial charge in [0.15, 0.2) is 0 Å². The highest BCUT2D eigenvalue weighted by Gasteiger charge is 2.25. The standard InChI is InChI=1S/C22H32N4O2S/c1-25(2)19(17-8-6-9-18(14-17)28-3)15-23-22(27)24-16-20(21-10-7-13-29-21)26-11-4-5-12-26/h6-10,13-14,19-20H,4-5,11-12,15-16H2,1-3H3,(H2,23,24,27). The minimum Gasteiger partial charge on any atom is -0.497 e. The first kappa shape index (κ1) is 21.6. The number of likely N-dealkylation sites (tertiary alicyclic amines) is 1. The fourth-order valence-electron chi connectivity index (χ4n) is 3.83. The van der Waals surface area contributed by atoms with Crippen LogP contribution in [0.25, 0.3) is 0 Å². The summed E-state index contributed by atoms with van der Waals surface area (Å²) in [7, 11) is 5.70. The predicted octanol–water partition coefficient (Wildman–Crippen LogP) is 3.50. The summed E-state index contributed by atoms with van der Waals surface area (Å²) >= 11 is 1.76. The highest BCUT2D eigenvalue weighted by Crippen LogP contribution is 2.28. The maximum Gasteiger partial charge on any atom is 0.314 e. The zero-order valence-electron chi connectivity index (χ0n) is 17.6. The van der Waals surface area contributed by atoms with Crippen molar-refractivity contribution in [2.24, 2.45) is 0 Å². The van der Waals surface area contributed by atoms with Crippen LogP contribution in [0.3, 0.4) is 0 Å². The van der Waals surface area contributed by atoms with Crippen molar-refractivity contribution in [2.45, 2.75) is 24.9 Å². The molecule has 2 unspecified atom stereocenters. The van der Waals surface area contributed by atoms with E-state index >= 15 is 0 Å². The van der Waals surface area contributed by atoms with Crippen LogP contribution >= 0.6 is 11.3 Å². The third-order valence-corrected chi connectivity index (χ3v) is 6.44. The van der Waals surface area contributed by atoms with Crippen LogP contribution in [-0.2, 0) is 0 Å². The summed E-state index contributed by atoms with van der Waals surface area (Å²) in [6.07, 6.45) is 2.47. The van der Waals surface area contributed by atoms with Gasteiger partial charge in [0.1, 0.15) is 5.75 Å². The number of rotatable bonds is 9. The summed E-state index contributed by atoms with van der Waals surface area (Å²) in [6.45, 7) is 3.35. The minimum absolute atomic E-state index is 0.0718. The monoisotopic (exact) mass is 416 g/mol. The molecule has 0 spiro atoms. The summed E-state index contributed by atoms with van der Waals surface area (Å²) in [6, 6.07) is 12.4. The van der Waals surface area contributed by atoms with Crippen LogP contribution < -0.4 is 15.4 Å². The highest BCUT2D eigenvalue weighted by molar-refractivity contribution is 7.10. The number of ether oxygens (including phenoxy) is 1. The lowest BCUT2D eigenvalue weighted by Gasteiger charge is -2.28. The Kier molecular flexibility index (Phi) is 7.91. The second-order valence-corrected chi connectivity index (χ2v) is 8.60. The molecular weight excluding hydrogens is 384 g/mol. The Hall–Kier alpha value is -2.09. The molecule has 158 valence electrons. The molecule has 2 atom stereocenters. The Morgan fingerprint density at radius 3 is 2.59 bits per heavy atom. The molecule has 0 radical (unpaired) electrons. The zero-order chi connectivity index (χ0) is 20.6. The van der Waals surface area contributed by atoms with Gasteiger partial charge in [0, 0.05) is 18.0 Å². The number of likely N-dealkylation sites (N-methyl/N-ethyl adjacent to an activating group) is 1. The number of hydrogen-bond acceptors (Lipinski definition) is 5. The third-order valence-electron chi connectivity index (χ3n) is 5.47. The molecule has 2 heterocycles. The zero-order valence-corrected chi connectivity index (χ0v) is 18.4. The Balaban J connectivity index is 1.55. The van der Waals surface area contributed by atoms with Crippen molar-refractivity contribution >= 4 is 17.4 Å². The van der Waals surface area contributed by atoms with Crippen molar-refractivity contribution < 1.29 is 9.53 Å². The second-order valence-electron chi connectivity index (χ2n) is 7.62. The lowest BCUT2D eigenvalue weighted by atomic mass is 10.1. The predicted molar refractivity (Wildman–Crippen MR) is 119 cm³/mol. The molecule has 2 N–H and O–H groups in total. The van der Waals surface area contributed by atoms with Gasteiger partial charge in [0.2, 0.25) is 0 Å². The lowest BCUT2D eigenvalue weighted by molar-refractivity contribution is 0.218. The largest absolute Gasteiger partial charge is 0.497 e. The number of methoxy groups -OCH3 is 1. The van der Waals surface area contributed by atoms with Crippen LogP contribution in [0.1, 0.15) is 35.4 Å². The fraction of sp³-hybridized carbons (Fsp3) is 0.500. The van der Waals surface area contributed by atoms with Gasteiger partial charge in [-0.1, -0.05) is 18.2 Å². The third kappa shape index (κ3) is 5.95. The van der Waals surface area contributed by atoms with Gasteiger partial charge < -0.3 is 20.3 Å². The van der Waals surface area contributed by atoms with E-state index in [-0.39, 0.29) is 18.1 Å². The van der Waals surface area contributed by atoms with E-state index in [1.165, 1.54) is 17.7 Å². The van der Waals surface area contributed by atoms with Crippen LogP contribution in [0.4, 0.5) is 4.79 Å². The van der Waals surface area contributed by atoms with E-state index < -0.39 is 0 Å². The van der Waals surface area contributed by atoms with Crippen molar-refractivity contribution in [1.29, 1.82) is 0 Å². The average Bonchev–Trinajstić information content (AvgIpc) is 3.43. The summed E-state index contributed by atoms with van der Waals surface area (Å²) in [4.78, 5) is 18.4. The van der Waals surface area contributed by atoms with E-state index in [9.17, 15) is 4.79 Å². The smallest absolute Gasteiger partial charge is 0.314 e. The van der Waals surface area contributed by atoms with Crippen molar-refractivity contribution in [2.75, 3.05) is 47.4 Å². The maximum absolute atomic E-state index is 12.5. The van der Waals surface area contributed by atoms with Gasteiger partial charge >= 0.3 is 6.03 Å². The van der Waals surface area contributed by atoms with Gasteiger partial charge in [-0.3, -0.25) is 4.90 Å². The molecule has 1 aromatic heterocycles. The molecule has 0 bridgehead atoms. The van der Waals surface area contributed by atoms with Crippen LogP contribution in [-0.4, -0.2) is 63.2 Å². The number of benzene rings is 1. The van der Waals surface area contributed by atoms with Gasteiger partial charge in [-0.15, -0.1) is 11.3 Å². The molecule has 1 aliphatic rings. The van der Waals surface area contributed by atoms with Gasteiger partial charge in [-0.05, 0) is 69.2 Å². The minimum atomic E-state index is -0.125. The molecule has 0 saturated carbocycles. The molecule has 1 aliphatic heterocycles. The molecular formula is C22H32N4O2S. The van der Waals surface area contributed by atoms with Crippen LogP contribution in [0, 0.1) is 0 Å². The highest BCUT2D eigenvalue weighted by atomic mass is 32.1. The lowest BCUT2D eigenvalue weighted by Crippen LogP contribution is -2.43. The number of thiophene rings is 1. The summed E-state index contributed by atoms with van der Waals surface area (Å²) in [5.74, 6) is 0.822. The summed E-state index contributed by atoms with van der Waals surface area (Å²) in [5.41, 5.74) is 1.11. The van der Waals surface area contributed by atoms with E-state index in [1.807, 2.05) is 32.3 Å². The van der Waals surface area contributed by atoms with E-state index in [0.29, 0.717) is 13.1 Å². The maximum atomic E-state index is 12.5. The summed E-state index contributed by atoms with van der Waals surface area (Å²) in [5, 5.41) is 8.24. The molecule has 29 heavy (non-hydrogen) atoms. The number of carbonyl (C=O) groups is 1. The van der Waals surface area contributed by atoms with Gasteiger partial charge in [-0.25, -0.2) is 4.79 Å². The number of amides is 2. The molecule has 1 fully saturated rings. The number of nitrogens with one attached hydrogen (secondary N) is 2. The second kappa shape index (κ2) is 10.6. The SMILES string of the molecule is COc1cccc(C(CNC(=O)NCC(c2cccs2)N2CCCC2)N(C)C)c1. The van der Waals surface area contributed by atoms with Crippen molar-refractivity contribution in [1.82, 2.24) is 20.4 Å². The fourth-order valence-corrected chi connectivity index (χ4v) is 4.69. The van der Waals surface area contributed by atoms with Gasteiger partial charge in [0.25, 0.3) is 0 Å². The first-order valence-electron chi connectivity index (χ1n) is 10.2. The van der Waals surface area contributed by atoms with E-state index in [4.69, 9.17) is 4.74 Å². The first-order chi connectivity index (χ1) is 14.1. The Morgan fingerprint density at radius 1 is 1.17 bits per heavy atom. The molecule has 1 aromatic carbocycles. The molecule has 6 nitrogen and oxygen atoms in total. The van der Waals surface area contributed by atoms with Crippen molar-refractivity contribution in [3.8, 4) is 5.75 Å². The van der Waals surface area contributed by atoms with E-state index in [0.717, 1.165) is 24.4 Å². The van der Waals surface area contributed by atoms with Crippen molar-refractivity contribution in [3.05, 3.63) is 52.2 Å². The number of nitrogens with zero attached hydrogens (tertiary/aromatic N) is 2. The molecule has 2 aromatic rings. The first-order valence-corrected chi connectivity index (χ1v) is 11.1. The molecule has 7 heteroatoms. The van der Waals surface area contributed by atoms with Gasteiger partial charge in [0.05, 0.1) is 19.2 Å². The number of urea groups is 1. The van der Waals surface area contributed by atoms with E-state index in [1.54, 1.807) is 18.4 Å². The molecule has 0 aliphatic carbocycles. The average molecular weight is 417 g/mol. The summed E-state index contributed by atoms with van der Waals surface area (Å²) < 4.78 is 5.34. The Bertz CT molecular complexity index is 760. The Labute approximate surface area is 177 Å².